The number of morpholine rings is 1. The number of halogens is 1. The third-order valence-electron chi connectivity index (χ3n) is 13.2. The van der Waals surface area contributed by atoms with Gasteiger partial charge in [0.1, 0.15) is 5.75 Å². The molecule has 1 amide bonds. The van der Waals surface area contributed by atoms with Crippen molar-refractivity contribution in [1.29, 1.82) is 0 Å². The Morgan fingerprint density at radius 1 is 1.09 bits per heavy atom. The second-order valence-corrected chi connectivity index (χ2v) is 19.3. The van der Waals surface area contributed by atoms with Crippen LogP contribution in [-0.2, 0) is 31.3 Å². The van der Waals surface area contributed by atoms with E-state index < -0.39 is 21.2 Å². The first-order valence-electron chi connectivity index (χ1n) is 20.1. The normalized spacial score (nSPS) is 33.0. The maximum Gasteiger partial charge on any atom is 0.264 e. The average Bonchev–Trinajstić information content (AvgIpc) is 3.98. The Kier molecular flexibility index (Phi) is 10.9. The van der Waals surface area contributed by atoms with E-state index in [1.165, 1.54) is 11.1 Å². The van der Waals surface area contributed by atoms with Crippen LogP contribution in [0.3, 0.4) is 0 Å². The van der Waals surface area contributed by atoms with Crippen LogP contribution < -0.4 is 14.4 Å². The second kappa shape index (κ2) is 15.5. The topological polar surface area (TPSA) is 97.4 Å². The Morgan fingerprint density at radius 2 is 1.92 bits per heavy atom. The molecule has 288 valence electrons. The molecule has 0 radical (unpaired) electrons. The van der Waals surface area contributed by atoms with Crippen molar-refractivity contribution in [1.82, 2.24) is 9.62 Å². The lowest BCUT2D eigenvalue weighted by Gasteiger charge is -2.46. The summed E-state index contributed by atoms with van der Waals surface area (Å²) in [6, 6.07) is 12.0. The van der Waals surface area contributed by atoms with Gasteiger partial charge < -0.3 is 19.1 Å². The quantitative estimate of drug-likeness (QED) is 0.322. The Morgan fingerprint density at radius 3 is 2.70 bits per heavy atom. The molecule has 9 nitrogen and oxygen atoms in total. The third-order valence-corrected chi connectivity index (χ3v) is 15.4. The molecule has 3 aliphatic carbocycles. The molecular weight excluding hydrogens is 710 g/mol. The first kappa shape index (κ1) is 37.3. The minimum atomic E-state index is -3.95. The molecule has 2 bridgehead atoms. The summed E-state index contributed by atoms with van der Waals surface area (Å²) in [5, 5.41) is 0.0939. The van der Waals surface area contributed by atoms with Crippen LogP contribution in [0.4, 0.5) is 5.69 Å². The largest absolute Gasteiger partial charge is 0.490 e. The minimum absolute atomic E-state index is 0.0731. The summed E-state index contributed by atoms with van der Waals surface area (Å²) < 4.78 is 49.8. The van der Waals surface area contributed by atoms with Crippen LogP contribution in [0, 0.1) is 23.7 Å². The number of anilines is 1. The number of aryl methyl sites for hydroxylation is 1. The van der Waals surface area contributed by atoms with Gasteiger partial charge in [-0.1, -0.05) is 49.6 Å². The summed E-state index contributed by atoms with van der Waals surface area (Å²) in [5.41, 5.74) is 3.50. The van der Waals surface area contributed by atoms with E-state index in [2.05, 4.69) is 45.7 Å². The fraction of sp³-hybridized carbons (Fsp3) is 0.643. The molecule has 3 heterocycles. The SMILES string of the molecule is C[C@H](CO[C@H]1/C=C\C[C@H](C)[C@H](CC2CC2)S(=O)(=O)NC(=O)c2ccc3c(c2)N(C[C@@H]2CC[C@H]21)C[C@@]1(CCCc2cc(Cl)ccc21)CO3)N1CCOCC1. The van der Waals surface area contributed by atoms with E-state index in [-0.39, 0.29) is 23.5 Å². The predicted molar refractivity (Wildman–Crippen MR) is 208 cm³/mol. The van der Waals surface area contributed by atoms with E-state index >= 15 is 0 Å². The molecule has 0 unspecified atom stereocenters. The number of hydrogen-bond acceptors (Lipinski definition) is 8. The number of nitrogens with one attached hydrogen (secondary N) is 1. The van der Waals surface area contributed by atoms with Crippen LogP contribution in [0.2, 0.25) is 5.02 Å². The van der Waals surface area contributed by atoms with Gasteiger partial charge in [-0.15, -0.1) is 0 Å². The molecule has 53 heavy (non-hydrogen) atoms. The highest BCUT2D eigenvalue weighted by Crippen LogP contribution is 2.47. The lowest BCUT2D eigenvalue weighted by molar-refractivity contribution is -0.0499. The van der Waals surface area contributed by atoms with Gasteiger partial charge in [-0.25, -0.2) is 13.1 Å². The van der Waals surface area contributed by atoms with E-state index in [1.807, 2.05) is 25.1 Å². The van der Waals surface area contributed by atoms with Crippen LogP contribution in [0.5, 0.6) is 5.75 Å². The Balaban J connectivity index is 1.15. The summed E-state index contributed by atoms with van der Waals surface area (Å²) in [6.45, 7) is 10.3. The number of hydrogen-bond donors (Lipinski definition) is 1. The first-order valence-corrected chi connectivity index (χ1v) is 22.0. The van der Waals surface area contributed by atoms with Crippen molar-refractivity contribution in [3.63, 3.8) is 0 Å². The van der Waals surface area contributed by atoms with Gasteiger partial charge in [-0.2, -0.15) is 0 Å². The Labute approximate surface area is 320 Å². The average molecular weight is 766 g/mol. The van der Waals surface area contributed by atoms with E-state index in [1.54, 1.807) is 6.07 Å². The maximum absolute atomic E-state index is 14.0. The van der Waals surface area contributed by atoms with Crippen molar-refractivity contribution >= 4 is 33.2 Å². The number of amides is 1. The predicted octanol–water partition coefficient (Wildman–Crippen LogP) is 6.77. The molecule has 0 aromatic heterocycles. The number of sulfonamides is 1. The van der Waals surface area contributed by atoms with Crippen LogP contribution in [-0.4, -0.2) is 89.2 Å². The van der Waals surface area contributed by atoms with Gasteiger partial charge >= 0.3 is 0 Å². The summed E-state index contributed by atoms with van der Waals surface area (Å²) >= 11 is 6.50. The monoisotopic (exact) mass is 765 g/mol. The molecule has 1 spiro atoms. The second-order valence-electron chi connectivity index (χ2n) is 16.9. The van der Waals surface area contributed by atoms with Crippen molar-refractivity contribution in [3.8, 4) is 5.75 Å². The number of benzene rings is 2. The highest BCUT2D eigenvalue weighted by molar-refractivity contribution is 7.90. The van der Waals surface area contributed by atoms with E-state index in [0.717, 1.165) is 101 Å². The first-order chi connectivity index (χ1) is 25.6. The van der Waals surface area contributed by atoms with Crippen LogP contribution in [0.25, 0.3) is 0 Å². The maximum atomic E-state index is 14.0. The van der Waals surface area contributed by atoms with E-state index in [4.69, 9.17) is 25.8 Å². The molecule has 2 saturated carbocycles. The third kappa shape index (κ3) is 8.04. The molecule has 1 N–H and O–H groups in total. The lowest BCUT2D eigenvalue weighted by Crippen LogP contribution is -2.50. The molecule has 11 heteroatoms. The highest BCUT2D eigenvalue weighted by Gasteiger charge is 2.45. The summed E-state index contributed by atoms with van der Waals surface area (Å²) in [7, 11) is -3.95. The van der Waals surface area contributed by atoms with Gasteiger partial charge in [0.05, 0.1) is 43.5 Å². The van der Waals surface area contributed by atoms with Crippen molar-refractivity contribution in [2.24, 2.45) is 23.7 Å². The molecule has 7 atom stereocenters. The van der Waals surface area contributed by atoms with E-state index in [0.29, 0.717) is 49.4 Å². The van der Waals surface area contributed by atoms with E-state index in [9.17, 15) is 13.2 Å². The fourth-order valence-electron chi connectivity index (χ4n) is 9.68. The summed E-state index contributed by atoms with van der Waals surface area (Å²) in [5.74, 6) is 1.09. The number of fused-ring (bicyclic) bond motifs is 4. The molecule has 8 rings (SSSR count). The lowest BCUT2D eigenvalue weighted by atomic mass is 9.68. The van der Waals surface area contributed by atoms with Crippen LogP contribution in [0.1, 0.15) is 86.7 Å². The zero-order chi connectivity index (χ0) is 36.7. The number of nitrogens with zero attached hydrogens (tertiary/aromatic N) is 2. The molecule has 1 saturated heterocycles. The molecular formula is C42H56ClN3O6S. The standard InChI is InChI=1S/C42H56ClN3O6S/c1-28-5-3-7-38(51-25-29(2)45-17-19-50-20-18-45)35-13-10-33(35)24-46-26-42(16-4-6-31-22-34(43)12-14-36(31)42)27-52-39-15-11-32(23-37(39)46)41(47)44-53(48,49)40(28)21-30-8-9-30/h3,7,11-12,14-15,22-23,28-30,33,35,38,40H,4-6,8-10,13,16-21,24-27H2,1-2H3,(H,44,47)/b7-3-/t28-,29+,33-,35+,38-,40-,42-/m0/s1. The Bertz CT molecular complexity index is 1790. The van der Waals surface area contributed by atoms with Gasteiger partial charge in [0.25, 0.3) is 5.91 Å². The van der Waals surface area contributed by atoms with Crippen molar-refractivity contribution < 1.29 is 27.4 Å². The highest BCUT2D eigenvalue weighted by atomic mass is 35.5. The van der Waals surface area contributed by atoms with Gasteiger partial charge in [-0.05, 0) is 117 Å². The fourth-order valence-corrected chi connectivity index (χ4v) is 11.6. The molecule has 3 aliphatic heterocycles. The summed E-state index contributed by atoms with van der Waals surface area (Å²) in [4.78, 5) is 18.7. The number of allylic oxidation sites excluding steroid dienone is 1. The van der Waals surface area contributed by atoms with Gasteiger partial charge in [0.2, 0.25) is 10.0 Å². The number of carbonyl (C=O) groups excluding carboxylic acids is 1. The number of carbonyl (C=O) groups is 1. The molecule has 2 aromatic carbocycles. The van der Waals surface area contributed by atoms with Gasteiger partial charge in [0.15, 0.2) is 0 Å². The molecule has 3 fully saturated rings. The molecule has 6 aliphatic rings. The van der Waals surface area contributed by atoms with Gasteiger partial charge in [-0.3, -0.25) is 9.69 Å². The van der Waals surface area contributed by atoms with Gasteiger partial charge in [0, 0.05) is 48.2 Å². The zero-order valence-electron chi connectivity index (χ0n) is 31.3. The van der Waals surface area contributed by atoms with Crippen molar-refractivity contribution in [3.05, 3.63) is 70.3 Å². The van der Waals surface area contributed by atoms with Crippen molar-refractivity contribution in [2.75, 3.05) is 57.5 Å². The number of ether oxygens (including phenoxy) is 3. The van der Waals surface area contributed by atoms with Crippen molar-refractivity contribution in [2.45, 2.75) is 94.4 Å². The molecule has 2 aromatic rings. The minimum Gasteiger partial charge on any atom is -0.490 e. The Hall–Kier alpha value is -2.63. The summed E-state index contributed by atoms with van der Waals surface area (Å²) in [6.07, 6.45) is 12.8. The smallest absolute Gasteiger partial charge is 0.264 e. The zero-order valence-corrected chi connectivity index (χ0v) is 32.9. The van der Waals surface area contributed by atoms with Crippen LogP contribution in [0.15, 0.2) is 48.6 Å². The number of rotatable bonds is 6. The van der Waals surface area contributed by atoms with Crippen LogP contribution >= 0.6 is 11.6 Å².